The lowest BCUT2D eigenvalue weighted by Gasteiger charge is -2.09. The number of hydrogen-bond acceptors (Lipinski definition) is 3. The maximum atomic E-state index is 13.1. The molecular formula is C13H12FN3O. The predicted molar refractivity (Wildman–Crippen MR) is 66.5 cm³/mol. The second-order valence-electron chi connectivity index (χ2n) is 3.78. The van der Waals surface area contributed by atoms with Gasteiger partial charge in [-0.2, -0.15) is 0 Å². The fourth-order valence-electron chi connectivity index (χ4n) is 1.48. The van der Waals surface area contributed by atoms with Crippen molar-refractivity contribution in [1.82, 2.24) is 4.98 Å². The molecule has 0 fully saturated rings. The lowest BCUT2D eigenvalue weighted by molar-refractivity contribution is 0.476. The number of hydrogen-bond donors (Lipinski definition) is 2. The Bertz CT molecular complexity index is 599. The molecule has 92 valence electrons. The van der Waals surface area contributed by atoms with Gasteiger partial charge in [-0.25, -0.2) is 9.37 Å². The zero-order chi connectivity index (χ0) is 13.1. The molecule has 2 rings (SSSR count). The highest BCUT2D eigenvalue weighted by Gasteiger charge is 2.09. The van der Waals surface area contributed by atoms with Crippen molar-refractivity contribution in [3.63, 3.8) is 0 Å². The molecule has 0 aliphatic rings. The van der Waals surface area contributed by atoms with Gasteiger partial charge in [0.05, 0.1) is 0 Å². The zero-order valence-electron chi connectivity index (χ0n) is 9.77. The summed E-state index contributed by atoms with van der Waals surface area (Å²) in [6.07, 6.45) is 1.53. The topological polar surface area (TPSA) is 72.0 Å². The number of ether oxygens (including phenoxy) is 1. The Labute approximate surface area is 104 Å². The first-order valence-electron chi connectivity index (χ1n) is 5.31. The van der Waals surface area contributed by atoms with E-state index in [9.17, 15) is 4.39 Å². The van der Waals surface area contributed by atoms with Crippen molar-refractivity contribution in [2.75, 3.05) is 0 Å². The maximum absolute atomic E-state index is 13.1. The van der Waals surface area contributed by atoms with Gasteiger partial charge in [0.1, 0.15) is 23.1 Å². The third-order valence-corrected chi connectivity index (χ3v) is 2.38. The molecule has 1 heterocycles. The summed E-state index contributed by atoms with van der Waals surface area (Å²) < 4.78 is 18.7. The van der Waals surface area contributed by atoms with E-state index >= 15 is 0 Å². The van der Waals surface area contributed by atoms with Crippen molar-refractivity contribution in [2.24, 2.45) is 5.73 Å². The standard InChI is InChI=1S/C13H12FN3O/c1-8-7-9(4-5-10(8)14)18-11-3-2-6-17-12(11)13(15)16/h2-7H,1H3,(H3,15,16). The van der Waals surface area contributed by atoms with E-state index in [4.69, 9.17) is 15.9 Å². The smallest absolute Gasteiger partial charge is 0.156 e. The number of nitrogens with zero attached hydrogens (tertiary/aromatic N) is 1. The van der Waals surface area contributed by atoms with Crippen molar-refractivity contribution in [3.05, 3.63) is 53.6 Å². The highest BCUT2D eigenvalue weighted by atomic mass is 19.1. The van der Waals surface area contributed by atoms with E-state index in [0.29, 0.717) is 17.1 Å². The van der Waals surface area contributed by atoms with Crippen LogP contribution in [0.2, 0.25) is 0 Å². The number of aryl methyl sites for hydroxylation is 1. The average Bonchev–Trinajstić information content (AvgIpc) is 2.34. The normalized spacial score (nSPS) is 10.1. The van der Waals surface area contributed by atoms with E-state index in [1.54, 1.807) is 25.1 Å². The van der Waals surface area contributed by atoms with Crippen LogP contribution >= 0.6 is 0 Å². The van der Waals surface area contributed by atoms with Crippen LogP contribution in [0.1, 0.15) is 11.3 Å². The Morgan fingerprint density at radius 2 is 2.17 bits per heavy atom. The van der Waals surface area contributed by atoms with Gasteiger partial charge in [-0.1, -0.05) is 0 Å². The van der Waals surface area contributed by atoms with Gasteiger partial charge in [-0.15, -0.1) is 0 Å². The van der Waals surface area contributed by atoms with Gasteiger partial charge in [0.25, 0.3) is 0 Å². The van der Waals surface area contributed by atoms with Gasteiger partial charge in [0.2, 0.25) is 0 Å². The second-order valence-corrected chi connectivity index (χ2v) is 3.78. The highest BCUT2D eigenvalue weighted by molar-refractivity contribution is 5.95. The summed E-state index contributed by atoms with van der Waals surface area (Å²) in [6.45, 7) is 1.65. The predicted octanol–water partition coefficient (Wildman–Crippen LogP) is 2.61. The fourth-order valence-corrected chi connectivity index (χ4v) is 1.48. The first-order chi connectivity index (χ1) is 8.58. The van der Waals surface area contributed by atoms with Crippen molar-refractivity contribution in [3.8, 4) is 11.5 Å². The van der Waals surface area contributed by atoms with Crippen LogP contribution in [0, 0.1) is 18.2 Å². The number of amidine groups is 1. The summed E-state index contributed by atoms with van der Waals surface area (Å²) in [6, 6.07) is 7.75. The Morgan fingerprint density at radius 3 is 2.83 bits per heavy atom. The van der Waals surface area contributed by atoms with E-state index in [-0.39, 0.29) is 17.3 Å². The van der Waals surface area contributed by atoms with Crippen LogP contribution in [0.4, 0.5) is 4.39 Å². The summed E-state index contributed by atoms with van der Waals surface area (Å²) in [4.78, 5) is 3.97. The van der Waals surface area contributed by atoms with E-state index < -0.39 is 0 Å². The number of nitrogen functional groups attached to an aromatic ring is 1. The first-order valence-corrected chi connectivity index (χ1v) is 5.31. The van der Waals surface area contributed by atoms with E-state index in [2.05, 4.69) is 4.98 Å². The molecule has 0 saturated carbocycles. The molecule has 0 aliphatic carbocycles. The van der Waals surface area contributed by atoms with E-state index in [1.165, 1.54) is 18.3 Å². The van der Waals surface area contributed by atoms with Gasteiger partial charge in [-0.05, 0) is 42.8 Å². The van der Waals surface area contributed by atoms with Crippen LogP contribution in [-0.2, 0) is 0 Å². The molecule has 0 atom stereocenters. The van der Waals surface area contributed by atoms with E-state index in [1.807, 2.05) is 0 Å². The number of aromatic nitrogens is 1. The number of nitrogens with two attached hydrogens (primary N) is 1. The third kappa shape index (κ3) is 2.45. The molecule has 0 spiro atoms. The van der Waals surface area contributed by atoms with Crippen LogP contribution < -0.4 is 10.5 Å². The summed E-state index contributed by atoms with van der Waals surface area (Å²) in [7, 11) is 0. The van der Waals surface area contributed by atoms with Crippen LogP contribution in [0.15, 0.2) is 36.5 Å². The molecule has 0 aliphatic heterocycles. The molecule has 4 nitrogen and oxygen atoms in total. The SMILES string of the molecule is Cc1cc(Oc2cccnc2C(=N)N)ccc1F. The number of nitrogens with one attached hydrogen (secondary N) is 1. The molecular weight excluding hydrogens is 233 g/mol. The van der Waals surface area contributed by atoms with Crippen LogP contribution in [0.3, 0.4) is 0 Å². The Kier molecular flexibility index (Phi) is 3.23. The van der Waals surface area contributed by atoms with Crippen molar-refractivity contribution in [1.29, 1.82) is 5.41 Å². The Hall–Kier alpha value is -2.43. The second kappa shape index (κ2) is 4.83. The van der Waals surface area contributed by atoms with Crippen LogP contribution in [-0.4, -0.2) is 10.8 Å². The Balaban J connectivity index is 2.34. The maximum Gasteiger partial charge on any atom is 0.156 e. The molecule has 0 unspecified atom stereocenters. The van der Waals surface area contributed by atoms with E-state index in [0.717, 1.165) is 0 Å². The van der Waals surface area contributed by atoms with Crippen molar-refractivity contribution >= 4 is 5.84 Å². The molecule has 2 aromatic rings. The summed E-state index contributed by atoms with van der Waals surface area (Å²) in [5, 5.41) is 7.39. The number of pyridine rings is 1. The highest BCUT2D eigenvalue weighted by Crippen LogP contribution is 2.25. The summed E-state index contributed by atoms with van der Waals surface area (Å²) >= 11 is 0. The minimum Gasteiger partial charge on any atom is -0.455 e. The van der Waals surface area contributed by atoms with Crippen molar-refractivity contribution < 1.29 is 9.13 Å². The fraction of sp³-hybridized carbons (Fsp3) is 0.0769. The molecule has 18 heavy (non-hydrogen) atoms. The third-order valence-electron chi connectivity index (χ3n) is 2.38. The number of benzene rings is 1. The number of rotatable bonds is 3. The number of halogens is 1. The summed E-state index contributed by atoms with van der Waals surface area (Å²) in [5.41, 5.74) is 6.15. The monoisotopic (exact) mass is 245 g/mol. The van der Waals surface area contributed by atoms with Gasteiger partial charge in [0.15, 0.2) is 5.75 Å². The molecule has 0 saturated heterocycles. The first kappa shape index (κ1) is 12.0. The molecule has 0 bridgehead atoms. The quantitative estimate of drug-likeness (QED) is 0.645. The Morgan fingerprint density at radius 1 is 1.39 bits per heavy atom. The zero-order valence-corrected chi connectivity index (χ0v) is 9.77. The van der Waals surface area contributed by atoms with Crippen LogP contribution in [0.25, 0.3) is 0 Å². The molecule has 5 heteroatoms. The average molecular weight is 245 g/mol. The summed E-state index contributed by atoms with van der Waals surface area (Å²) in [5.74, 6) is 0.380. The molecule has 0 amide bonds. The lowest BCUT2D eigenvalue weighted by atomic mass is 10.2. The molecule has 1 aromatic heterocycles. The molecule has 3 N–H and O–H groups in total. The lowest BCUT2D eigenvalue weighted by Crippen LogP contribution is -2.14. The van der Waals surface area contributed by atoms with Crippen molar-refractivity contribution in [2.45, 2.75) is 6.92 Å². The van der Waals surface area contributed by atoms with Gasteiger partial charge in [0, 0.05) is 6.20 Å². The largest absolute Gasteiger partial charge is 0.455 e. The molecule has 0 radical (unpaired) electrons. The minimum absolute atomic E-state index is 0.176. The van der Waals surface area contributed by atoms with Gasteiger partial charge >= 0.3 is 0 Å². The van der Waals surface area contributed by atoms with Crippen LogP contribution in [0.5, 0.6) is 11.5 Å². The van der Waals surface area contributed by atoms with Gasteiger partial charge in [-0.3, -0.25) is 5.41 Å². The van der Waals surface area contributed by atoms with Gasteiger partial charge < -0.3 is 10.5 Å². The minimum atomic E-state index is -0.291. The molecule has 1 aromatic carbocycles.